The van der Waals surface area contributed by atoms with Gasteiger partial charge in [0.15, 0.2) is 0 Å². The molecule has 1 amide bonds. The van der Waals surface area contributed by atoms with Gasteiger partial charge in [-0.2, -0.15) is 0 Å². The van der Waals surface area contributed by atoms with Gasteiger partial charge in [-0.15, -0.1) is 0 Å². The number of carbonyl (C=O) groups is 3. The second-order valence-electron chi connectivity index (χ2n) is 11.4. The third-order valence-electron chi connectivity index (χ3n) is 9.47. The third kappa shape index (κ3) is 2.26. The van der Waals surface area contributed by atoms with E-state index in [2.05, 4.69) is 0 Å². The van der Waals surface area contributed by atoms with Crippen molar-refractivity contribution in [1.82, 2.24) is 4.90 Å². The van der Waals surface area contributed by atoms with Crippen LogP contribution in [0.3, 0.4) is 0 Å². The summed E-state index contributed by atoms with van der Waals surface area (Å²) >= 11 is 0. The Labute approximate surface area is 171 Å². The standard InChI is InChI=1S/C23H31NO5/c1-10(2)24-18-14-6-15(17(21(26)27)16(14)20(24)25)19(18)29-22(28)23-7-11-3-12(8-23)5-13(4-11)9-23/h10-19H,3-9H2,1-2H3,(H,26,27). The molecule has 7 aliphatic rings. The summed E-state index contributed by atoms with van der Waals surface area (Å²) in [4.78, 5) is 40.5. The van der Waals surface area contributed by atoms with Crippen LogP contribution in [0.2, 0.25) is 0 Å². The van der Waals surface area contributed by atoms with E-state index in [0.29, 0.717) is 24.2 Å². The number of fused-ring (bicyclic) bond motifs is 1. The summed E-state index contributed by atoms with van der Waals surface area (Å²) in [7, 11) is 0. The van der Waals surface area contributed by atoms with Gasteiger partial charge < -0.3 is 14.7 Å². The number of carboxylic acid groups (broad SMARTS) is 1. The van der Waals surface area contributed by atoms with Gasteiger partial charge in [0.2, 0.25) is 5.91 Å². The average Bonchev–Trinajstić information content (AvgIpc) is 3.22. The predicted molar refractivity (Wildman–Crippen MR) is 102 cm³/mol. The number of nitrogens with zero attached hydrogens (tertiary/aromatic N) is 1. The Bertz CT molecular complexity index is 755. The van der Waals surface area contributed by atoms with Crippen LogP contribution in [0.15, 0.2) is 0 Å². The molecule has 6 nitrogen and oxygen atoms in total. The lowest BCUT2D eigenvalue weighted by Crippen LogP contribution is -2.54. The van der Waals surface area contributed by atoms with E-state index in [1.165, 1.54) is 19.3 Å². The predicted octanol–water partition coefficient (Wildman–Crippen LogP) is 2.70. The Morgan fingerprint density at radius 1 is 1.03 bits per heavy atom. The molecule has 1 N–H and O–H groups in total. The molecule has 6 aliphatic carbocycles. The van der Waals surface area contributed by atoms with Crippen LogP contribution in [0.25, 0.3) is 0 Å². The maximum Gasteiger partial charge on any atom is 0.312 e. The molecule has 29 heavy (non-hydrogen) atoms. The summed E-state index contributed by atoms with van der Waals surface area (Å²) < 4.78 is 6.27. The fraction of sp³-hybridized carbons (Fsp3) is 0.870. The van der Waals surface area contributed by atoms with Gasteiger partial charge >= 0.3 is 11.9 Å². The number of amides is 1. The SMILES string of the molecule is CC(C)N1C(=O)C2C3CC(C(OC(=O)C45CC6CC(CC(C6)C4)C5)C31)C2C(=O)O. The fourth-order valence-electron chi connectivity index (χ4n) is 9.05. The quantitative estimate of drug-likeness (QED) is 0.732. The molecule has 6 atom stereocenters. The molecule has 6 saturated carbocycles. The Morgan fingerprint density at radius 2 is 1.62 bits per heavy atom. The van der Waals surface area contributed by atoms with Crippen LogP contribution in [-0.2, 0) is 19.1 Å². The molecule has 7 rings (SSSR count). The third-order valence-corrected chi connectivity index (χ3v) is 9.47. The molecule has 6 heteroatoms. The molecule has 1 saturated heterocycles. The molecule has 0 aromatic rings. The van der Waals surface area contributed by atoms with Crippen LogP contribution >= 0.6 is 0 Å². The molecular weight excluding hydrogens is 370 g/mol. The second-order valence-corrected chi connectivity index (χ2v) is 11.4. The molecule has 7 fully saturated rings. The zero-order valence-corrected chi connectivity index (χ0v) is 17.3. The maximum absolute atomic E-state index is 13.6. The highest BCUT2D eigenvalue weighted by molar-refractivity contribution is 5.90. The summed E-state index contributed by atoms with van der Waals surface area (Å²) in [6.07, 6.45) is 6.88. The van der Waals surface area contributed by atoms with Gasteiger partial charge in [-0.3, -0.25) is 14.4 Å². The minimum atomic E-state index is -0.907. The van der Waals surface area contributed by atoms with Crippen molar-refractivity contribution >= 4 is 17.8 Å². The summed E-state index contributed by atoms with van der Waals surface area (Å²) in [6, 6.07) is -0.141. The molecule has 6 unspecified atom stereocenters. The maximum atomic E-state index is 13.6. The highest BCUT2D eigenvalue weighted by atomic mass is 16.5. The number of hydrogen-bond acceptors (Lipinski definition) is 4. The van der Waals surface area contributed by atoms with Crippen LogP contribution in [0.5, 0.6) is 0 Å². The molecule has 0 aromatic carbocycles. The van der Waals surface area contributed by atoms with E-state index in [1.54, 1.807) is 0 Å². The van der Waals surface area contributed by atoms with Crippen molar-refractivity contribution < 1.29 is 24.2 Å². The Balaban J connectivity index is 1.31. The van der Waals surface area contributed by atoms with Gasteiger partial charge in [0.25, 0.3) is 0 Å². The van der Waals surface area contributed by atoms with Crippen molar-refractivity contribution in [1.29, 1.82) is 0 Å². The molecule has 6 bridgehead atoms. The number of likely N-dealkylation sites (tertiary alicyclic amines) is 1. The van der Waals surface area contributed by atoms with Gasteiger partial charge in [0, 0.05) is 12.0 Å². The second kappa shape index (κ2) is 5.76. The van der Waals surface area contributed by atoms with Crippen molar-refractivity contribution in [3.8, 4) is 0 Å². The number of rotatable bonds is 4. The van der Waals surface area contributed by atoms with Gasteiger partial charge in [-0.05, 0) is 82.5 Å². The van der Waals surface area contributed by atoms with Gasteiger partial charge in [0.05, 0.1) is 23.3 Å². The first-order valence-corrected chi connectivity index (χ1v) is 11.5. The van der Waals surface area contributed by atoms with Crippen LogP contribution in [0, 0.1) is 46.8 Å². The lowest BCUT2D eigenvalue weighted by atomic mass is 9.49. The van der Waals surface area contributed by atoms with Crippen molar-refractivity contribution in [3.63, 3.8) is 0 Å². The van der Waals surface area contributed by atoms with E-state index >= 15 is 0 Å². The van der Waals surface area contributed by atoms with Crippen LogP contribution in [-0.4, -0.2) is 46.0 Å². The van der Waals surface area contributed by atoms with E-state index < -0.39 is 23.9 Å². The van der Waals surface area contributed by atoms with E-state index in [4.69, 9.17) is 4.74 Å². The highest BCUT2D eigenvalue weighted by Gasteiger charge is 2.71. The number of esters is 1. The smallest absolute Gasteiger partial charge is 0.312 e. The van der Waals surface area contributed by atoms with Gasteiger partial charge in [0.1, 0.15) is 6.10 Å². The molecule has 0 aromatic heterocycles. The van der Waals surface area contributed by atoms with E-state index in [0.717, 1.165) is 19.3 Å². The summed E-state index contributed by atoms with van der Waals surface area (Å²) in [5.74, 6) is -0.406. The van der Waals surface area contributed by atoms with E-state index in [1.807, 2.05) is 18.7 Å². The topological polar surface area (TPSA) is 83.9 Å². The fourth-order valence-corrected chi connectivity index (χ4v) is 9.05. The number of hydrogen-bond donors (Lipinski definition) is 1. The molecule has 0 radical (unpaired) electrons. The zero-order chi connectivity index (χ0) is 20.2. The number of ether oxygens (including phenoxy) is 1. The zero-order valence-electron chi connectivity index (χ0n) is 17.3. The van der Waals surface area contributed by atoms with Crippen molar-refractivity contribution in [2.24, 2.45) is 46.8 Å². The monoisotopic (exact) mass is 401 g/mol. The number of carboxylic acids is 1. The first-order valence-electron chi connectivity index (χ1n) is 11.5. The Morgan fingerprint density at radius 3 is 2.14 bits per heavy atom. The summed E-state index contributed by atoms with van der Waals surface area (Å²) in [6.45, 7) is 3.95. The van der Waals surface area contributed by atoms with E-state index in [-0.39, 0.29) is 41.2 Å². The first-order chi connectivity index (χ1) is 13.8. The van der Waals surface area contributed by atoms with Gasteiger partial charge in [-0.25, -0.2) is 0 Å². The molecule has 0 spiro atoms. The minimum absolute atomic E-state index is 0.00736. The summed E-state index contributed by atoms with van der Waals surface area (Å²) in [5.41, 5.74) is -0.347. The van der Waals surface area contributed by atoms with Crippen LogP contribution in [0.4, 0.5) is 0 Å². The lowest BCUT2D eigenvalue weighted by molar-refractivity contribution is -0.184. The van der Waals surface area contributed by atoms with Gasteiger partial charge in [-0.1, -0.05) is 0 Å². The molecule has 1 aliphatic heterocycles. The van der Waals surface area contributed by atoms with Crippen LogP contribution in [0.1, 0.15) is 58.8 Å². The Hall–Kier alpha value is -1.59. The molecular formula is C23H31NO5. The van der Waals surface area contributed by atoms with Crippen LogP contribution < -0.4 is 0 Å². The summed E-state index contributed by atoms with van der Waals surface area (Å²) in [5, 5.41) is 9.87. The van der Waals surface area contributed by atoms with Crippen molar-refractivity contribution in [3.05, 3.63) is 0 Å². The van der Waals surface area contributed by atoms with Crippen molar-refractivity contribution in [2.75, 3.05) is 0 Å². The first kappa shape index (κ1) is 18.2. The molecule has 158 valence electrons. The number of carbonyl (C=O) groups excluding carboxylic acids is 2. The Kier molecular flexibility index (Phi) is 3.62. The number of aliphatic carboxylic acids is 1. The average molecular weight is 402 g/mol. The largest absolute Gasteiger partial charge is 0.481 e. The normalized spacial score (nSPS) is 51.3. The van der Waals surface area contributed by atoms with E-state index in [9.17, 15) is 19.5 Å². The van der Waals surface area contributed by atoms with Crippen molar-refractivity contribution in [2.45, 2.75) is 77.0 Å². The highest BCUT2D eigenvalue weighted by Crippen LogP contribution is 2.63. The minimum Gasteiger partial charge on any atom is -0.481 e. The molecule has 1 heterocycles. The lowest BCUT2D eigenvalue weighted by Gasteiger charge is -2.55.